The molecule has 0 radical (unpaired) electrons. The molecule has 1 saturated carbocycles. The number of anilines is 1. The van der Waals surface area contributed by atoms with Gasteiger partial charge in [0.05, 0.1) is 12.0 Å². The monoisotopic (exact) mass is 699 g/mol. The number of piperidine rings is 1. The van der Waals surface area contributed by atoms with Gasteiger partial charge in [0.25, 0.3) is 0 Å². The molecule has 5 fully saturated rings. The van der Waals surface area contributed by atoms with Gasteiger partial charge in [0, 0.05) is 68.9 Å². The van der Waals surface area contributed by atoms with E-state index in [1.807, 2.05) is 23.1 Å². The highest BCUT2D eigenvalue weighted by atomic mass is 32.2. The number of carbonyl (C=O) groups excluding carboxylic acids is 1. The summed E-state index contributed by atoms with van der Waals surface area (Å²) in [6.45, 7) is 9.12. The number of nitrogens with one attached hydrogen (secondary N) is 1. The van der Waals surface area contributed by atoms with Crippen molar-refractivity contribution in [1.29, 1.82) is 0 Å². The maximum atomic E-state index is 15.0. The van der Waals surface area contributed by atoms with Crippen LogP contribution in [0.1, 0.15) is 49.7 Å². The predicted molar refractivity (Wildman–Crippen MR) is 186 cm³/mol. The summed E-state index contributed by atoms with van der Waals surface area (Å²) in [4.78, 5) is 22.3. The average molecular weight is 700 g/mol. The fourth-order valence-electron chi connectivity index (χ4n) is 9.56. The number of rotatable bonds is 12. The molecule has 2 N–H and O–H groups in total. The molecular formula is C37H51F2N5O4S. The van der Waals surface area contributed by atoms with Crippen molar-refractivity contribution in [1.82, 2.24) is 20.0 Å². The van der Waals surface area contributed by atoms with Crippen molar-refractivity contribution in [2.24, 2.45) is 17.8 Å². The molecule has 1 aliphatic carbocycles. The van der Waals surface area contributed by atoms with Crippen LogP contribution in [-0.2, 0) is 27.8 Å². The molecule has 268 valence electrons. The van der Waals surface area contributed by atoms with Crippen molar-refractivity contribution in [3.05, 3.63) is 59.4 Å². The van der Waals surface area contributed by atoms with Crippen LogP contribution in [0.15, 0.2) is 47.4 Å². The molecule has 2 aromatic rings. The molecule has 2 aromatic carbocycles. The number of amides is 1. The van der Waals surface area contributed by atoms with E-state index in [1.54, 1.807) is 12.1 Å². The van der Waals surface area contributed by atoms with Crippen LogP contribution >= 0.6 is 0 Å². The van der Waals surface area contributed by atoms with E-state index in [9.17, 15) is 22.3 Å². The van der Waals surface area contributed by atoms with Gasteiger partial charge < -0.3 is 29.3 Å². The first-order valence-corrected chi connectivity index (χ1v) is 19.2. The second kappa shape index (κ2) is 14.9. The summed E-state index contributed by atoms with van der Waals surface area (Å²) in [5.41, 5.74) is 2.65. The normalized spacial score (nSPS) is 26.4. The van der Waals surface area contributed by atoms with Gasteiger partial charge in [0.2, 0.25) is 0 Å². The Bertz CT molecular complexity index is 1490. The predicted octanol–water partition coefficient (Wildman–Crippen LogP) is 4.88. The molecule has 4 aliphatic heterocycles. The lowest BCUT2D eigenvalue weighted by Gasteiger charge is -2.54. The van der Waals surface area contributed by atoms with Gasteiger partial charge in [-0.05, 0) is 112 Å². The Morgan fingerprint density at radius 1 is 0.980 bits per heavy atom. The lowest BCUT2D eigenvalue weighted by atomic mass is 9.57. The summed E-state index contributed by atoms with van der Waals surface area (Å²) in [6.07, 6.45) is 4.99. The third-order valence-electron chi connectivity index (χ3n) is 12.2. The third-order valence-corrected chi connectivity index (χ3v) is 12.9. The van der Waals surface area contributed by atoms with Gasteiger partial charge in [-0.1, -0.05) is 18.6 Å². The van der Waals surface area contributed by atoms with E-state index >= 15 is 0 Å². The number of ether oxygens (including phenoxy) is 1. The smallest absolute Gasteiger partial charge is 0.407 e. The van der Waals surface area contributed by atoms with Gasteiger partial charge >= 0.3 is 6.09 Å². The summed E-state index contributed by atoms with van der Waals surface area (Å²) in [7, 11) is 1.42. The Morgan fingerprint density at radius 3 is 2.41 bits per heavy atom. The Kier molecular flexibility index (Phi) is 10.6. The van der Waals surface area contributed by atoms with Crippen LogP contribution in [0.5, 0.6) is 0 Å². The van der Waals surface area contributed by atoms with E-state index in [1.165, 1.54) is 19.6 Å². The minimum Gasteiger partial charge on any atom is -0.453 e. The number of likely N-dealkylation sites (tertiary alicyclic amines) is 3. The molecule has 12 heteroatoms. The first kappa shape index (κ1) is 34.8. The van der Waals surface area contributed by atoms with Crippen LogP contribution in [-0.4, -0.2) is 114 Å². The fourth-order valence-corrected chi connectivity index (χ4v) is 10.1. The second-order valence-corrected chi connectivity index (χ2v) is 16.1. The van der Waals surface area contributed by atoms with Crippen molar-refractivity contribution in [2.75, 3.05) is 77.5 Å². The van der Waals surface area contributed by atoms with Gasteiger partial charge in [-0.3, -0.25) is 4.90 Å². The molecule has 49 heavy (non-hydrogen) atoms. The van der Waals surface area contributed by atoms with Gasteiger partial charge in [0.15, 0.2) is 11.1 Å². The Morgan fingerprint density at radius 2 is 1.76 bits per heavy atom. The number of alkyl carbamates (subject to hydrolysis) is 1. The van der Waals surface area contributed by atoms with Gasteiger partial charge in [0.1, 0.15) is 12.0 Å². The standard InChI is InChI=1S/C37H51F2N5O4S/c1-48-36(45)40-34-8-3-7-33(34)37(25-42-13-4-14-42,29-5-2-6-30(38)18-29)28-11-15-41(16-12-28)19-26-20-44(21-26)32-9-10-35(49(46)47)27(17-32)22-43-23-31(39)24-43/h2,5-6,9-10,17-18,26,28,31,33-34H,3-4,7-8,11-16,19-25H2,1H3,(H,40,45)(H,46,47)/t33-,34-,37-/m0/s1. The highest BCUT2D eigenvalue weighted by molar-refractivity contribution is 7.79. The molecule has 4 saturated heterocycles. The molecule has 0 bridgehead atoms. The highest BCUT2D eigenvalue weighted by Crippen LogP contribution is 2.51. The molecule has 7 rings (SSSR count). The van der Waals surface area contributed by atoms with E-state index in [2.05, 4.69) is 26.1 Å². The lowest BCUT2D eigenvalue weighted by Crippen LogP contribution is -2.60. The zero-order valence-electron chi connectivity index (χ0n) is 28.6. The third kappa shape index (κ3) is 7.40. The van der Waals surface area contributed by atoms with E-state index in [-0.39, 0.29) is 29.3 Å². The second-order valence-electron chi connectivity index (χ2n) is 15.1. The quantitative estimate of drug-likeness (QED) is 0.304. The van der Waals surface area contributed by atoms with Crippen molar-refractivity contribution >= 4 is 22.9 Å². The van der Waals surface area contributed by atoms with Crippen molar-refractivity contribution in [2.45, 2.75) is 67.6 Å². The first-order valence-electron chi connectivity index (χ1n) is 18.1. The lowest BCUT2D eigenvalue weighted by molar-refractivity contribution is 0.0223. The highest BCUT2D eigenvalue weighted by Gasteiger charge is 2.53. The Labute approximate surface area is 291 Å². The minimum absolute atomic E-state index is 0.00513. The first-order chi connectivity index (χ1) is 23.7. The summed E-state index contributed by atoms with van der Waals surface area (Å²) < 4.78 is 55.2. The van der Waals surface area contributed by atoms with E-state index in [0.29, 0.717) is 36.4 Å². The van der Waals surface area contributed by atoms with Crippen LogP contribution in [0.4, 0.5) is 19.3 Å². The Hall–Kier alpha value is -2.64. The maximum Gasteiger partial charge on any atom is 0.407 e. The zero-order valence-corrected chi connectivity index (χ0v) is 29.4. The van der Waals surface area contributed by atoms with Gasteiger partial charge in [-0.2, -0.15) is 0 Å². The number of halogens is 2. The zero-order chi connectivity index (χ0) is 34.1. The summed E-state index contributed by atoms with van der Waals surface area (Å²) in [5.74, 6) is 0.895. The van der Waals surface area contributed by atoms with Gasteiger partial charge in [-0.15, -0.1) is 0 Å². The van der Waals surface area contributed by atoms with Crippen LogP contribution in [0.2, 0.25) is 0 Å². The molecule has 5 aliphatic rings. The van der Waals surface area contributed by atoms with E-state index in [4.69, 9.17) is 4.74 Å². The van der Waals surface area contributed by atoms with Crippen LogP contribution in [0, 0.1) is 23.6 Å². The van der Waals surface area contributed by atoms with Crippen LogP contribution in [0.25, 0.3) is 0 Å². The molecule has 1 amide bonds. The summed E-state index contributed by atoms with van der Waals surface area (Å²) in [5, 5.41) is 3.18. The molecule has 4 atom stereocenters. The van der Waals surface area contributed by atoms with Crippen LogP contribution < -0.4 is 10.2 Å². The summed E-state index contributed by atoms with van der Waals surface area (Å²) in [6, 6.07) is 13.0. The van der Waals surface area contributed by atoms with E-state index < -0.39 is 17.3 Å². The van der Waals surface area contributed by atoms with Crippen molar-refractivity contribution < 1.29 is 27.1 Å². The van der Waals surface area contributed by atoms with Gasteiger partial charge in [-0.25, -0.2) is 17.8 Å². The molecule has 4 heterocycles. The fraction of sp³-hybridized carbons (Fsp3) is 0.649. The van der Waals surface area contributed by atoms with Crippen molar-refractivity contribution in [3.63, 3.8) is 0 Å². The molecule has 1 unspecified atom stereocenters. The van der Waals surface area contributed by atoms with Crippen molar-refractivity contribution in [3.8, 4) is 0 Å². The topological polar surface area (TPSA) is 88.6 Å². The molecule has 9 nitrogen and oxygen atoms in total. The number of nitrogens with zero attached hydrogens (tertiary/aromatic N) is 4. The number of hydrogen-bond acceptors (Lipinski definition) is 7. The number of methoxy groups -OCH3 is 1. The number of carbonyl (C=O) groups is 1. The number of hydrogen-bond donors (Lipinski definition) is 2. The summed E-state index contributed by atoms with van der Waals surface area (Å²) >= 11 is -2.08. The molecule has 0 aromatic heterocycles. The van der Waals surface area contributed by atoms with Crippen LogP contribution in [0.3, 0.4) is 0 Å². The maximum absolute atomic E-state index is 15.0. The molecule has 0 spiro atoms. The Balaban J connectivity index is 1.02. The number of benzene rings is 2. The average Bonchev–Trinajstić information content (AvgIpc) is 3.50. The molecular weight excluding hydrogens is 649 g/mol. The SMILES string of the molecule is COC(=O)N[C@H]1CCC[C@@H]1[C@](CN1CCC1)(c1cccc(F)c1)C1CCN(CC2CN(c3ccc(S(=O)O)c(CN4CC(F)C4)c3)C2)CC1. The van der Waals surface area contributed by atoms with E-state index in [0.717, 1.165) is 101 Å². The largest absolute Gasteiger partial charge is 0.453 e. The minimum atomic E-state index is -2.08. The number of alkyl halides is 1.